The van der Waals surface area contributed by atoms with Crippen molar-refractivity contribution in [1.82, 2.24) is 4.90 Å². The molecule has 2 fully saturated rings. The van der Waals surface area contributed by atoms with Crippen LogP contribution in [0.15, 0.2) is 18.2 Å². The lowest BCUT2D eigenvalue weighted by Gasteiger charge is -2.38. The molecule has 7 nitrogen and oxygen atoms in total. The smallest absolute Gasteiger partial charge is 0.396 e. The monoisotopic (exact) mass is 358 g/mol. The van der Waals surface area contributed by atoms with E-state index in [9.17, 15) is 14.4 Å². The first-order chi connectivity index (χ1) is 12.4. The summed E-state index contributed by atoms with van der Waals surface area (Å²) in [6.45, 7) is 2.58. The number of methoxy groups -OCH3 is 1. The average molecular weight is 358 g/mol. The normalized spacial score (nSPS) is 25.8. The van der Waals surface area contributed by atoms with E-state index in [-0.39, 0.29) is 11.9 Å². The highest BCUT2D eigenvalue weighted by molar-refractivity contribution is 6.32. The van der Waals surface area contributed by atoms with E-state index in [0.29, 0.717) is 23.9 Å². The number of anilines is 1. The molecule has 2 amide bonds. The number of esters is 1. The highest BCUT2D eigenvalue weighted by Crippen LogP contribution is 2.47. The van der Waals surface area contributed by atoms with Gasteiger partial charge in [-0.15, -0.1) is 0 Å². The van der Waals surface area contributed by atoms with Gasteiger partial charge in [0, 0.05) is 19.4 Å². The summed E-state index contributed by atoms with van der Waals surface area (Å²) < 4.78 is 10.6. The van der Waals surface area contributed by atoms with Gasteiger partial charge in [0.05, 0.1) is 18.8 Å². The second kappa shape index (κ2) is 6.00. The zero-order chi connectivity index (χ0) is 18.5. The molecule has 1 N–H and O–H groups in total. The number of carbonyl (C=O) groups excluding carboxylic acids is 3. The number of hydrogen-bond donors (Lipinski definition) is 1. The maximum atomic E-state index is 12.5. The van der Waals surface area contributed by atoms with Gasteiger partial charge in [-0.05, 0) is 36.5 Å². The second-order valence-corrected chi connectivity index (χ2v) is 7.45. The van der Waals surface area contributed by atoms with Crippen LogP contribution in [0.1, 0.15) is 44.2 Å². The van der Waals surface area contributed by atoms with Crippen molar-refractivity contribution in [1.29, 1.82) is 0 Å². The number of nitrogens with zero attached hydrogens (tertiary/aromatic N) is 1. The van der Waals surface area contributed by atoms with Crippen LogP contribution >= 0.6 is 0 Å². The molecule has 1 aromatic rings. The lowest BCUT2D eigenvalue weighted by molar-refractivity contribution is -0.160. The fourth-order valence-corrected chi connectivity index (χ4v) is 3.80. The van der Waals surface area contributed by atoms with E-state index in [1.165, 1.54) is 7.11 Å². The van der Waals surface area contributed by atoms with E-state index < -0.39 is 17.5 Å². The van der Waals surface area contributed by atoms with E-state index in [4.69, 9.17) is 4.74 Å². The molecule has 1 saturated carbocycles. The summed E-state index contributed by atoms with van der Waals surface area (Å²) in [5.41, 5.74) is 0.833. The Morgan fingerprint density at radius 3 is 2.77 bits per heavy atom. The molecule has 3 aliphatic rings. The molecule has 26 heavy (non-hydrogen) atoms. The first kappa shape index (κ1) is 16.9. The van der Waals surface area contributed by atoms with Crippen LogP contribution in [0.3, 0.4) is 0 Å². The number of likely N-dealkylation sites (tertiary alicyclic amines) is 1. The summed E-state index contributed by atoms with van der Waals surface area (Å²) in [5, 5.41) is 2.89. The number of amides is 2. The van der Waals surface area contributed by atoms with Gasteiger partial charge in [0.25, 0.3) is 5.91 Å². The molecule has 2 aliphatic heterocycles. The number of hydrogen-bond acceptors (Lipinski definition) is 5. The zero-order valence-corrected chi connectivity index (χ0v) is 14.9. The number of benzene rings is 1. The average Bonchev–Trinajstić information content (AvgIpc) is 3.41. The van der Waals surface area contributed by atoms with Crippen LogP contribution in [0.2, 0.25) is 0 Å². The SMILES string of the molecule is COC(=O)C(=O)N1C[C@@H](C)CCC1c1ccc2c(c1)OC1(CC1)C(=O)N2. The van der Waals surface area contributed by atoms with Crippen LogP contribution in [-0.4, -0.2) is 41.9 Å². The molecule has 2 heterocycles. The molecule has 0 radical (unpaired) electrons. The molecule has 138 valence electrons. The molecule has 1 aliphatic carbocycles. The molecule has 4 rings (SSSR count). The van der Waals surface area contributed by atoms with Crippen LogP contribution in [-0.2, 0) is 19.1 Å². The second-order valence-electron chi connectivity index (χ2n) is 7.45. The highest BCUT2D eigenvalue weighted by atomic mass is 16.5. The molecule has 7 heteroatoms. The van der Waals surface area contributed by atoms with E-state index in [1.807, 2.05) is 12.1 Å². The Hall–Kier alpha value is -2.57. The summed E-state index contributed by atoms with van der Waals surface area (Å²) in [6, 6.07) is 5.36. The first-order valence-electron chi connectivity index (χ1n) is 8.97. The Morgan fingerprint density at radius 2 is 2.08 bits per heavy atom. The van der Waals surface area contributed by atoms with Crippen LogP contribution in [0.4, 0.5) is 5.69 Å². The number of rotatable bonds is 1. The van der Waals surface area contributed by atoms with Gasteiger partial charge < -0.3 is 19.7 Å². The Morgan fingerprint density at radius 1 is 1.31 bits per heavy atom. The van der Waals surface area contributed by atoms with Gasteiger partial charge in [-0.3, -0.25) is 9.59 Å². The highest BCUT2D eigenvalue weighted by Gasteiger charge is 2.55. The third-order valence-electron chi connectivity index (χ3n) is 5.50. The van der Waals surface area contributed by atoms with Crippen molar-refractivity contribution in [3.8, 4) is 5.75 Å². The Labute approximate surface area is 151 Å². The summed E-state index contributed by atoms with van der Waals surface area (Å²) in [6.07, 6.45) is 3.17. The van der Waals surface area contributed by atoms with Gasteiger partial charge in [-0.25, -0.2) is 4.79 Å². The van der Waals surface area contributed by atoms with Gasteiger partial charge in [-0.2, -0.15) is 0 Å². The molecule has 1 saturated heterocycles. The quantitative estimate of drug-likeness (QED) is 0.613. The van der Waals surface area contributed by atoms with Gasteiger partial charge in [0.2, 0.25) is 0 Å². The van der Waals surface area contributed by atoms with Crippen LogP contribution in [0, 0.1) is 5.92 Å². The third kappa shape index (κ3) is 2.71. The minimum absolute atomic E-state index is 0.0910. The molecule has 0 aromatic heterocycles. The first-order valence-corrected chi connectivity index (χ1v) is 8.97. The maximum Gasteiger partial charge on any atom is 0.396 e. The van der Waals surface area contributed by atoms with Crippen molar-refractivity contribution >= 4 is 23.5 Å². The molecule has 1 unspecified atom stereocenters. The molecule has 1 aromatic carbocycles. The van der Waals surface area contributed by atoms with E-state index in [0.717, 1.165) is 31.2 Å². The van der Waals surface area contributed by atoms with Crippen molar-refractivity contribution in [2.24, 2.45) is 5.92 Å². The Balaban J connectivity index is 1.64. The predicted molar refractivity (Wildman–Crippen MR) is 92.5 cm³/mol. The van der Waals surface area contributed by atoms with Gasteiger partial charge in [-0.1, -0.05) is 13.0 Å². The third-order valence-corrected chi connectivity index (χ3v) is 5.50. The maximum absolute atomic E-state index is 12.5. The van der Waals surface area contributed by atoms with E-state index >= 15 is 0 Å². The number of piperidine rings is 1. The number of nitrogens with one attached hydrogen (secondary N) is 1. The van der Waals surface area contributed by atoms with Gasteiger partial charge in [0.1, 0.15) is 5.75 Å². The summed E-state index contributed by atoms with van der Waals surface area (Å²) in [4.78, 5) is 37.9. The molecule has 0 bridgehead atoms. The summed E-state index contributed by atoms with van der Waals surface area (Å²) in [5.74, 6) is -0.602. The molecule has 2 atom stereocenters. The van der Waals surface area contributed by atoms with Crippen molar-refractivity contribution in [2.45, 2.75) is 44.2 Å². The lowest BCUT2D eigenvalue weighted by Crippen LogP contribution is -2.45. The molecular formula is C19H22N2O5. The minimum Gasteiger partial charge on any atom is -0.475 e. The summed E-state index contributed by atoms with van der Waals surface area (Å²) in [7, 11) is 1.22. The van der Waals surface area contributed by atoms with Crippen molar-refractivity contribution in [2.75, 3.05) is 19.0 Å². The number of ether oxygens (including phenoxy) is 2. The number of fused-ring (bicyclic) bond motifs is 1. The Bertz CT molecular complexity index is 786. The van der Waals surface area contributed by atoms with Crippen molar-refractivity contribution in [3.63, 3.8) is 0 Å². The fraction of sp³-hybridized carbons (Fsp3) is 0.526. The molecule has 1 spiro atoms. The lowest BCUT2D eigenvalue weighted by atomic mass is 9.89. The van der Waals surface area contributed by atoms with Crippen LogP contribution in [0.25, 0.3) is 0 Å². The minimum atomic E-state index is -0.845. The fourth-order valence-electron chi connectivity index (χ4n) is 3.80. The topological polar surface area (TPSA) is 84.9 Å². The van der Waals surface area contributed by atoms with Crippen LogP contribution in [0.5, 0.6) is 5.75 Å². The van der Waals surface area contributed by atoms with Crippen molar-refractivity contribution in [3.05, 3.63) is 23.8 Å². The summed E-state index contributed by atoms with van der Waals surface area (Å²) >= 11 is 0. The largest absolute Gasteiger partial charge is 0.475 e. The van der Waals surface area contributed by atoms with Gasteiger partial charge >= 0.3 is 11.9 Å². The predicted octanol–water partition coefficient (Wildman–Crippen LogP) is 2.02. The van der Waals surface area contributed by atoms with E-state index in [2.05, 4.69) is 17.0 Å². The van der Waals surface area contributed by atoms with Crippen LogP contribution < -0.4 is 10.1 Å². The number of carbonyl (C=O) groups is 3. The zero-order valence-electron chi connectivity index (χ0n) is 14.9. The van der Waals surface area contributed by atoms with Gasteiger partial charge in [0.15, 0.2) is 5.60 Å². The van der Waals surface area contributed by atoms with Crippen molar-refractivity contribution < 1.29 is 23.9 Å². The standard InChI is InChI=1S/C19H22N2O5/c1-11-3-6-14(21(10-11)16(22)17(23)25-2)12-4-5-13-15(9-12)26-19(7-8-19)18(24)20-13/h4-5,9,11,14H,3,6-8,10H2,1-2H3,(H,20,24)/t11-,14?/m0/s1. The Kier molecular flexibility index (Phi) is 3.89. The molecular weight excluding hydrogens is 336 g/mol. The van der Waals surface area contributed by atoms with E-state index in [1.54, 1.807) is 11.0 Å².